The zero-order valence-electron chi connectivity index (χ0n) is 16.3. The number of rotatable bonds is 6. The highest BCUT2D eigenvalue weighted by Gasteiger charge is 2.37. The maximum absolute atomic E-state index is 13.3. The molecule has 2 unspecified atom stereocenters. The van der Waals surface area contributed by atoms with Gasteiger partial charge in [0.1, 0.15) is 5.82 Å². The van der Waals surface area contributed by atoms with Crippen molar-refractivity contribution < 1.29 is 19.1 Å². The summed E-state index contributed by atoms with van der Waals surface area (Å²) in [6, 6.07) is 12.5. The molecule has 2 aliphatic heterocycles. The smallest absolute Gasteiger partial charge is 0.335 e. The number of hydrazine groups is 1. The average Bonchev–Trinajstić information content (AvgIpc) is 3.33. The number of carboxylic acids is 1. The Labute approximate surface area is 173 Å². The Morgan fingerprint density at radius 1 is 1.13 bits per heavy atom. The number of benzene rings is 2. The number of carbonyl (C=O) groups is 2. The monoisotopic (exact) mass is 410 g/mol. The molecule has 0 saturated heterocycles. The van der Waals surface area contributed by atoms with E-state index in [9.17, 15) is 14.0 Å². The van der Waals surface area contributed by atoms with Crippen LogP contribution in [-0.4, -0.2) is 41.5 Å². The van der Waals surface area contributed by atoms with Gasteiger partial charge in [0, 0.05) is 12.2 Å². The third kappa shape index (κ3) is 3.79. The highest BCUT2D eigenvalue weighted by atomic mass is 19.1. The normalized spacial score (nSPS) is 18.9. The number of hydrogen-bond acceptors (Lipinski definition) is 5. The number of hydrogen-bond donors (Lipinski definition) is 4. The molecule has 5 N–H and O–H groups in total. The summed E-state index contributed by atoms with van der Waals surface area (Å²) in [5, 5.41) is 9.08. The fourth-order valence-electron chi connectivity index (χ4n) is 4.05. The molecular formula is C22H23FN4O3. The van der Waals surface area contributed by atoms with Crippen LogP contribution in [-0.2, 0) is 4.79 Å². The summed E-state index contributed by atoms with van der Waals surface area (Å²) in [7, 11) is 0. The Kier molecular flexibility index (Phi) is 5.52. The van der Waals surface area contributed by atoms with Crippen molar-refractivity contribution in [1.82, 2.24) is 15.8 Å². The minimum absolute atomic E-state index is 0.0387. The molecule has 0 aromatic heterocycles. The van der Waals surface area contributed by atoms with E-state index < -0.39 is 11.9 Å². The molecule has 2 aromatic carbocycles. The fraction of sp³-hybridized carbons (Fsp3) is 0.273. The maximum Gasteiger partial charge on any atom is 0.335 e. The number of nitrogens with one attached hydrogen (secondary N) is 2. The van der Waals surface area contributed by atoms with Gasteiger partial charge in [-0.15, -0.1) is 0 Å². The van der Waals surface area contributed by atoms with Crippen molar-refractivity contribution in [2.75, 3.05) is 19.6 Å². The van der Waals surface area contributed by atoms with Crippen LogP contribution in [0.3, 0.4) is 0 Å². The van der Waals surface area contributed by atoms with Crippen molar-refractivity contribution >= 4 is 11.9 Å². The molecular weight excluding hydrogens is 387 g/mol. The lowest BCUT2D eigenvalue weighted by atomic mass is 9.94. The summed E-state index contributed by atoms with van der Waals surface area (Å²) < 4.78 is 13.3. The second-order valence-electron chi connectivity index (χ2n) is 7.51. The molecule has 7 nitrogen and oxygen atoms in total. The number of carboxylic acid groups (broad SMARTS) is 1. The third-order valence-corrected chi connectivity index (χ3v) is 5.64. The molecule has 0 aliphatic carbocycles. The van der Waals surface area contributed by atoms with Crippen LogP contribution in [0.1, 0.15) is 39.9 Å². The minimum Gasteiger partial charge on any atom is -0.478 e. The van der Waals surface area contributed by atoms with Crippen LogP contribution in [0.25, 0.3) is 0 Å². The van der Waals surface area contributed by atoms with E-state index in [0.29, 0.717) is 26.1 Å². The van der Waals surface area contributed by atoms with Crippen LogP contribution in [0, 0.1) is 5.82 Å². The summed E-state index contributed by atoms with van der Waals surface area (Å²) in [4.78, 5) is 26.1. The lowest BCUT2D eigenvalue weighted by Gasteiger charge is -2.26. The van der Waals surface area contributed by atoms with Gasteiger partial charge in [-0.3, -0.25) is 4.79 Å². The summed E-state index contributed by atoms with van der Waals surface area (Å²) in [5.41, 5.74) is 16.0. The minimum atomic E-state index is -0.969. The molecule has 2 aromatic rings. The molecule has 0 radical (unpaired) electrons. The predicted molar refractivity (Wildman–Crippen MR) is 109 cm³/mol. The van der Waals surface area contributed by atoms with Crippen LogP contribution in [0.5, 0.6) is 0 Å². The van der Waals surface area contributed by atoms with Gasteiger partial charge in [-0.25, -0.2) is 14.6 Å². The molecule has 0 saturated carbocycles. The van der Waals surface area contributed by atoms with Gasteiger partial charge < -0.3 is 21.2 Å². The highest BCUT2D eigenvalue weighted by molar-refractivity contribution is 5.87. The number of halogens is 1. The van der Waals surface area contributed by atoms with Gasteiger partial charge in [-0.1, -0.05) is 24.3 Å². The van der Waals surface area contributed by atoms with Gasteiger partial charge in [0.2, 0.25) is 5.91 Å². The zero-order chi connectivity index (χ0) is 21.3. The Balaban J connectivity index is 1.50. The molecule has 0 fully saturated rings. The third-order valence-electron chi connectivity index (χ3n) is 5.64. The highest BCUT2D eigenvalue weighted by Crippen LogP contribution is 2.34. The molecule has 156 valence electrons. The van der Waals surface area contributed by atoms with Gasteiger partial charge in [0.15, 0.2) is 0 Å². The topological polar surface area (TPSA) is 108 Å². The second-order valence-corrected chi connectivity index (χ2v) is 7.51. The first kappa shape index (κ1) is 20.1. The predicted octanol–water partition coefficient (Wildman–Crippen LogP) is 1.90. The summed E-state index contributed by atoms with van der Waals surface area (Å²) in [5.74, 6) is -1.77. The quantitative estimate of drug-likeness (QED) is 0.580. The van der Waals surface area contributed by atoms with Crippen LogP contribution in [0.4, 0.5) is 4.39 Å². The molecule has 0 spiro atoms. The number of amides is 1. The van der Waals surface area contributed by atoms with Crippen molar-refractivity contribution in [1.29, 1.82) is 0 Å². The Morgan fingerprint density at radius 3 is 2.47 bits per heavy atom. The van der Waals surface area contributed by atoms with E-state index >= 15 is 0 Å². The number of aromatic carboxylic acids is 1. The van der Waals surface area contributed by atoms with E-state index in [1.54, 1.807) is 41.3 Å². The summed E-state index contributed by atoms with van der Waals surface area (Å²) in [6.45, 7) is 1.27. The average molecular weight is 410 g/mol. The first-order chi connectivity index (χ1) is 14.5. The van der Waals surface area contributed by atoms with E-state index in [1.165, 1.54) is 12.1 Å². The maximum atomic E-state index is 13.3. The second kappa shape index (κ2) is 8.25. The lowest BCUT2D eigenvalue weighted by molar-refractivity contribution is -0.131. The number of nitrogens with zero attached hydrogens (tertiary/aromatic N) is 1. The summed E-state index contributed by atoms with van der Waals surface area (Å²) >= 11 is 0. The fourth-order valence-corrected chi connectivity index (χ4v) is 4.05. The van der Waals surface area contributed by atoms with Gasteiger partial charge in [0.05, 0.1) is 24.1 Å². The lowest BCUT2D eigenvalue weighted by Crippen LogP contribution is -2.40. The van der Waals surface area contributed by atoms with Gasteiger partial charge in [0.25, 0.3) is 0 Å². The molecule has 2 aliphatic rings. The SMILES string of the molecule is NCCC(C(=O)N1CC2=C(C1)C(c1ccc(C(=O)O)cc1)NN2)c1ccc(F)cc1. The Morgan fingerprint density at radius 2 is 1.83 bits per heavy atom. The van der Waals surface area contributed by atoms with Crippen molar-refractivity contribution in [3.63, 3.8) is 0 Å². The molecule has 2 heterocycles. The first-order valence-corrected chi connectivity index (χ1v) is 9.79. The van der Waals surface area contributed by atoms with E-state index in [-0.39, 0.29) is 23.3 Å². The van der Waals surface area contributed by atoms with Crippen molar-refractivity contribution in [2.45, 2.75) is 18.4 Å². The van der Waals surface area contributed by atoms with E-state index in [0.717, 1.165) is 22.4 Å². The van der Waals surface area contributed by atoms with Gasteiger partial charge >= 0.3 is 5.97 Å². The van der Waals surface area contributed by atoms with Crippen molar-refractivity contribution in [3.8, 4) is 0 Å². The number of carbonyl (C=O) groups excluding carboxylic acids is 1. The van der Waals surface area contributed by atoms with E-state index in [1.807, 2.05) is 0 Å². The van der Waals surface area contributed by atoms with Crippen molar-refractivity contribution in [2.24, 2.45) is 5.73 Å². The Bertz CT molecular complexity index is 988. The standard InChI is InChI=1S/C22H23FN4O3/c23-16-7-5-13(6-8-16)17(9-10-24)21(28)27-11-18-19(12-27)25-26-20(18)14-1-3-15(4-2-14)22(29)30/h1-8,17,20,25-26H,9-12,24H2,(H,29,30). The van der Waals surface area contributed by atoms with Crippen molar-refractivity contribution in [3.05, 3.63) is 82.3 Å². The molecule has 30 heavy (non-hydrogen) atoms. The molecule has 2 atom stereocenters. The molecule has 0 bridgehead atoms. The van der Waals surface area contributed by atoms with Crippen LogP contribution in [0.15, 0.2) is 59.8 Å². The van der Waals surface area contributed by atoms with E-state index in [2.05, 4.69) is 10.9 Å². The molecule has 1 amide bonds. The zero-order valence-corrected chi connectivity index (χ0v) is 16.3. The Hall–Kier alpha value is -3.23. The van der Waals surface area contributed by atoms with Gasteiger partial charge in [-0.05, 0) is 53.9 Å². The molecule has 4 rings (SSSR count). The largest absolute Gasteiger partial charge is 0.478 e. The number of nitrogens with two attached hydrogens (primary N) is 1. The van der Waals surface area contributed by atoms with Crippen LogP contribution in [0.2, 0.25) is 0 Å². The van der Waals surface area contributed by atoms with Crippen LogP contribution < -0.4 is 16.6 Å². The molecule has 8 heteroatoms. The van der Waals surface area contributed by atoms with E-state index in [4.69, 9.17) is 10.8 Å². The van der Waals surface area contributed by atoms with Crippen LogP contribution >= 0.6 is 0 Å². The summed E-state index contributed by atoms with van der Waals surface area (Å²) in [6.07, 6.45) is 0.484. The first-order valence-electron chi connectivity index (χ1n) is 9.79. The van der Waals surface area contributed by atoms with Gasteiger partial charge in [-0.2, -0.15) is 0 Å².